The first-order valence-corrected chi connectivity index (χ1v) is 7.68. The minimum absolute atomic E-state index is 0.407. The molecule has 4 rings (SSSR count). The SMILES string of the molecule is NC1CCC2CN(Cc3cn4cc(Cl)ccc4n3)CC12. The van der Waals surface area contributed by atoms with E-state index in [-0.39, 0.29) is 0 Å². The summed E-state index contributed by atoms with van der Waals surface area (Å²) >= 11 is 6.01. The fourth-order valence-electron chi connectivity index (χ4n) is 3.85. The number of likely N-dealkylation sites (tertiary alicyclic amines) is 1. The van der Waals surface area contributed by atoms with E-state index in [9.17, 15) is 0 Å². The summed E-state index contributed by atoms with van der Waals surface area (Å²) in [7, 11) is 0. The Hall–Kier alpha value is -1.10. The molecule has 2 aromatic heterocycles. The van der Waals surface area contributed by atoms with Gasteiger partial charge in [0, 0.05) is 38.1 Å². The van der Waals surface area contributed by atoms with Crippen molar-refractivity contribution in [1.29, 1.82) is 0 Å². The highest BCUT2D eigenvalue weighted by Gasteiger charge is 2.40. The fraction of sp³-hybridized carbons (Fsp3) is 0.533. The molecule has 0 spiro atoms. The van der Waals surface area contributed by atoms with Gasteiger partial charge in [-0.05, 0) is 36.8 Å². The third-order valence-electron chi connectivity index (χ3n) is 4.84. The van der Waals surface area contributed by atoms with Crippen molar-refractivity contribution >= 4 is 17.2 Å². The van der Waals surface area contributed by atoms with Gasteiger partial charge in [0.25, 0.3) is 0 Å². The van der Waals surface area contributed by atoms with E-state index in [0.29, 0.717) is 12.0 Å². The minimum atomic E-state index is 0.407. The zero-order chi connectivity index (χ0) is 13.7. The molecule has 1 saturated heterocycles. The first kappa shape index (κ1) is 12.6. The minimum Gasteiger partial charge on any atom is -0.327 e. The maximum atomic E-state index is 6.19. The van der Waals surface area contributed by atoms with Crippen molar-refractivity contribution in [3.8, 4) is 0 Å². The van der Waals surface area contributed by atoms with Crippen LogP contribution in [-0.2, 0) is 6.54 Å². The Morgan fingerprint density at radius 2 is 2.15 bits per heavy atom. The van der Waals surface area contributed by atoms with Crippen LogP contribution >= 0.6 is 11.6 Å². The molecule has 0 amide bonds. The molecule has 20 heavy (non-hydrogen) atoms. The number of imidazole rings is 1. The van der Waals surface area contributed by atoms with Crippen molar-refractivity contribution in [3.05, 3.63) is 35.2 Å². The number of rotatable bonds is 2. The van der Waals surface area contributed by atoms with Gasteiger partial charge in [-0.25, -0.2) is 4.98 Å². The Labute approximate surface area is 123 Å². The van der Waals surface area contributed by atoms with E-state index in [4.69, 9.17) is 17.3 Å². The Morgan fingerprint density at radius 1 is 1.25 bits per heavy atom. The van der Waals surface area contributed by atoms with Crippen LogP contribution in [0, 0.1) is 11.8 Å². The zero-order valence-electron chi connectivity index (χ0n) is 11.4. The summed E-state index contributed by atoms with van der Waals surface area (Å²) in [5, 5.41) is 0.739. The van der Waals surface area contributed by atoms with Crippen LogP contribution in [0.5, 0.6) is 0 Å². The van der Waals surface area contributed by atoms with Crippen molar-refractivity contribution in [2.75, 3.05) is 13.1 Å². The lowest BCUT2D eigenvalue weighted by Crippen LogP contribution is -2.30. The standard InChI is InChI=1S/C15H19ClN4/c16-11-2-4-15-18-12(8-20(15)6-11)7-19-5-10-1-3-14(17)13(10)9-19/h2,4,6,8,10,13-14H,1,3,5,7,9,17H2. The predicted octanol–water partition coefficient (Wildman–Crippen LogP) is 2.16. The summed E-state index contributed by atoms with van der Waals surface area (Å²) in [5.74, 6) is 1.50. The van der Waals surface area contributed by atoms with Gasteiger partial charge in [-0.2, -0.15) is 0 Å². The molecule has 2 aromatic rings. The quantitative estimate of drug-likeness (QED) is 0.922. The molecule has 2 aliphatic rings. The molecule has 1 aliphatic heterocycles. The molecule has 0 radical (unpaired) electrons. The van der Waals surface area contributed by atoms with Gasteiger partial charge in [-0.15, -0.1) is 0 Å². The number of aromatic nitrogens is 2. The molecule has 1 saturated carbocycles. The number of pyridine rings is 1. The molecule has 3 atom stereocenters. The molecular formula is C15H19ClN4. The Bertz CT molecular complexity index is 638. The van der Waals surface area contributed by atoms with Crippen molar-refractivity contribution in [3.63, 3.8) is 0 Å². The maximum Gasteiger partial charge on any atom is 0.137 e. The summed E-state index contributed by atoms with van der Waals surface area (Å²) in [4.78, 5) is 7.16. The number of hydrogen-bond donors (Lipinski definition) is 1. The monoisotopic (exact) mass is 290 g/mol. The summed E-state index contributed by atoms with van der Waals surface area (Å²) in [6, 6.07) is 4.25. The number of halogens is 1. The molecule has 1 aliphatic carbocycles. The van der Waals surface area contributed by atoms with Gasteiger partial charge < -0.3 is 10.1 Å². The number of nitrogens with zero attached hydrogens (tertiary/aromatic N) is 3. The third kappa shape index (κ3) is 2.12. The van der Waals surface area contributed by atoms with E-state index >= 15 is 0 Å². The van der Waals surface area contributed by atoms with Crippen molar-refractivity contribution in [1.82, 2.24) is 14.3 Å². The second-order valence-corrected chi connectivity index (χ2v) is 6.64. The van der Waals surface area contributed by atoms with Crippen LogP contribution in [0.25, 0.3) is 5.65 Å². The summed E-state index contributed by atoms with van der Waals surface area (Å²) < 4.78 is 2.00. The Morgan fingerprint density at radius 3 is 3.00 bits per heavy atom. The van der Waals surface area contributed by atoms with E-state index in [2.05, 4.69) is 16.1 Å². The summed E-state index contributed by atoms with van der Waals surface area (Å²) in [6.07, 6.45) is 6.48. The van der Waals surface area contributed by atoms with Crippen LogP contribution in [0.1, 0.15) is 18.5 Å². The lowest BCUT2D eigenvalue weighted by Gasteiger charge is -2.16. The van der Waals surface area contributed by atoms with Crippen LogP contribution in [0.2, 0.25) is 5.02 Å². The van der Waals surface area contributed by atoms with E-state index in [1.165, 1.54) is 19.4 Å². The molecule has 3 heterocycles. The fourth-order valence-corrected chi connectivity index (χ4v) is 4.02. The van der Waals surface area contributed by atoms with Gasteiger partial charge >= 0.3 is 0 Å². The van der Waals surface area contributed by atoms with Crippen LogP contribution in [-0.4, -0.2) is 33.4 Å². The third-order valence-corrected chi connectivity index (χ3v) is 5.06. The van der Waals surface area contributed by atoms with E-state index in [1.54, 1.807) is 0 Å². The smallest absolute Gasteiger partial charge is 0.137 e. The second-order valence-electron chi connectivity index (χ2n) is 6.20. The van der Waals surface area contributed by atoms with Crippen molar-refractivity contribution < 1.29 is 0 Å². The van der Waals surface area contributed by atoms with Crippen molar-refractivity contribution in [2.24, 2.45) is 17.6 Å². The van der Waals surface area contributed by atoms with Crippen LogP contribution in [0.15, 0.2) is 24.5 Å². The van der Waals surface area contributed by atoms with Crippen LogP contribution in [0.3, 0.4) is 0 Å². The molecule has 2 fully saturated rings. The molecule has 106 valence electrons. The van der Waals surface area contributed by atoms with E-state index in [1.807, 2.05) is 22.7 Å². The summed E-state index contributed by atoms with van der Waals surface area (Å²) in [6.45, 7) is 3.21. The van der Waals surface area contributed by atoms with Crippen LogP contribution in [0.4, 0.5) is 0 Å². The first-order chi connectivity index (χ1) is 9.69. The first-order valence-electron chi connectivity index (χ1n) is 7.30. The highest BCUT2D eigenvalue weighted by atomic mass is 35.5. The lowest BCUT2D eigenvalue weighted by molar-refractivity contribution is 0.295. The average Bonchev–Trinajstić information content (AvgIpc) is 3.06. The molecule has 5 heteroatoms. The molecule has 3 unspecified atom stereocenters. The largest absolute Gasteiger partial charge is 0.327 e. The van der Waals surface area contributed by atoms with E-state index in [0.717, 1.165) is 35.4 Å². The van der Waals surface area contributed by atoms with Crippen molar-refractivity contribution in [2.45, 2.75) is 25.4 Å². The highest BCUT2D eigenvalue weighted by molar-refractivity contribution is 6.30. The number of fused-ring (bicyclic) bond motifs is 2. The maximum absolute atomic E-state index is 6.19. The van der Waals surface area contributed by atoms with Gasteiger partial charge in [0.15, 0.2) is 0 Å². The molecular weight excluding hydrogens is 272 g/mol. The van der Waals surface area contributed by atoms with Gasteiger partial charge in [0.1, 0.15) is 5.65 Å². The molecule has 4 nitrogen and oxygen atoms in total. The predicted molar refractivity (Wildman–Crippen MR) is 79.7 cm³/mol. The van der Waals surface area contributed by atoms with Gasteiger partial charge in [-0.1, -0.05) is 11.6 Å². The molecule has 0 bridgehead atoms. The Kier molecular flexibility index (Phi) is 2.98. The van der Waals surface area contributed by atoms with Gasteiger partial charge in [0.2, 0.25) is 0 Å². The number of nitrogens with two attached hydrogens (primary N) is 1. The van der Waals surface area contributed by atoms with E-state index < -0.39 is 0 Å². The number of hydrogen-bond acceptors (Lipinski definition) is 3. The summed E-state index contributed by atoms with van der Waals surface area (Å²) in [5.41, 5.74) is 8.26. The molecule has 0 aromatic carbocycles. The molecule has 2 N–H and O–H groups in total. The van der Waals surface area contributed by atoms with Gasteiger partial charge in [0.05, 0.1) is 10.7 Å². The topological polar surface area (TPSA) is 46.6 Å². The average molecular weight is 291 g/mol. The van der Waals surface area contributed by atoms with Crippen LogP contribution < -0.4 is 5.73 Å². The lowest BCUT2D eigenvalue weighted by atomic mass is 9.98. The Balaban J connectivity index is 1.51. The highest BCUT2D eigenvalue weighted by Crippen LogP contribution is 2.37. The zero-order valence-corrected chi connectivity index (χ0v) is 12.1. The van der Waals surface area contributed by atoms with Gasteiger partial charge in [-0.3, -0.25) is 4.90 Å². The second kappa shape index (κ2) is 4.72. The normalized spacial score (nSPS) is 30.2.